The standard InChI is InChI=1S/C24H33ClFN5O3/c1-4-5-11-30(21-22(27)31(12-15(2)3)24(34)28-23(21)33)20(32)14-29(16-9-10-16)13-17-18(25)7-6-8-19(17)26/h6-8,15-16H,4-5,9-14,27H2,1-3H3,(H,28,33,34). The van der Waals surface area contributed by atoms with Crippen molar-refractivity contribution in [1.82, 2.24) is 14.5 Å². The van der Waals surface area contributed by atoms with Gasteiger partial charge in [0.25, 0.3) is 5.56 Å². The summed E-state index contributed by atoms with van der Waals surface area (Å²) >= 11 is 6.22. The van der Waals surface area contributed by atoms with E-state index in [9.17, 15) is 18.8 Å². The minimum Gasteiger partial charge on any atom is -0.383 e. The number of nitrogens with one attached hydrogen (secondary N) is 1. The Labute approximate surface area is 203 Å². The molecule has 0 unspecified atom stereocenters. The van der Waals surface area contributed by atoms with E-state index < -0.39 is 17.1 Å². The number of rotatable bonds is 11. The molecule has 0 atom stereocenters. The Morgan fingerprint density at radius 1 is 1.32 bits per heavy atom. The second-order valence-electron chi connectivity index (χ2n) is 9.23. The van der Waals surface area contributed by atoms with Gasteiger partial charge in [-0.05, 0) is 37.3 Å². The Morgan fingerprint density at radius 3 is 2.62 bits per heavy atom. The fourth-order valence-electron chi connectivity index (χ4n) is 3.96. The Balaban J connectivity index is 1.94. The van der Waals surface area contributed by atoms with Gasteiger partial charge in [0.1, 0.15) is 11.6 Å². The van der Waals surface area contributed by atoms with Crippen molar-refractivity contribution in [3.63, 3.8) is 0 Å². The average molecular weight is 494 g/mol. The van der Waals surface area contributed by atoms with Gasteiger partial charge in [-0.1, -0.05) is 44.9 Å². The molecule has 1 saturated carbocycles. The molecule has 0 radical (unpaired) electrons. The number of unbranched alkanes of at least 4 members (excludes halogenated alkanes) is 1. The van der Waals surface area contributed by atoms with E-state index in [4.69, 9.17) is 17.3 Å². The number of halogens is 2. The van der Waals surface area contributed by atoms with Crippen LogP contribution in [0.1, 0.15) is 52.0 Å². The summed E-state index contributed by atoms with van der Waals surface area (Å²) in [6, 6.07) is 4.65. The van der Waals surface area contributed by atoms with E-state index in [1.54, 1.807) is 12.1 Å². The van der Waals surface area contributed by atoms with E-state index in [2.05, 4.69) is 4.98 Å². The summed E-state index contributed by atoms with van der Waals surface area (Å²) in [5, 5.41) is 0.308. The molecule has 0 bridgehead atoms. The molecule has 1 aliphatic carbocycles. The van der Waals surface area contributed by atoms with Gasteiger partial charge in [-0.25, -0.2) is 9.18 Å². The van der Waals surface area contributed by atoms with E-state index in [0.29, 0.717) is 23.6 Å². The molecule has 3 N–H and O–H groups in total. The summed E-state index contributed by atoms with van der Waals surface area (Å²) in [6.45, 7) is 6.58. The molecule has 8 nitrogen and oxygen atoms in total. The van der Waals surface area contributed by atoms with Crippen molar-refractivity contribution in [2.45, 2.75) is 65.6 Å². The number of anilines is 2. The number of aromatic amines is 1. The minimum atomic E-state index is -0.693. The second-order valence-corrected chi connectivity index (χ2v) is 9.64. The van der Waals surface area contributed by atoms with Gasteiger partial charge < -0.3 is 10.6 Å². The normalized spacial score (nSPS) is 13.6. The van der Waals surface area contributed by atoms with Crippen LogP contribution in [0.5, 0.6) is 0 Å². The lowest BCUT2D eigenvalue weighted by molar-refractivity contribution is -0.120. The van der Waals surface area contributed by atoms with Crippen LogP contribution in [0.3, 0.4) is 0 Å². The Morgan fingerprint density at radius 2 is 2.03 bits per heavy atom. The Hall–Kier alpha value is -2.65. The van der Waals surface area contributed by atoms with Crippen molar-refractivity contribution >= 4 is 29.0 Å². The summed E-state index contributed by atoms with van der Waals surface area (Å²) in [4.78, 5) is 44.3. The zero-order chi connectivity index (χ0) is 25.0. The molecular weight excluding hydrogens is 461 g/mol. The molecular formula is C24H33ClFN5O3. The van der Waals surface area contributed by atoms with E-state index in [-0.39, 0.29) is 49.0 Å². The van der Waals surface area contributed by atoms with E-state index in [1.807, 2.05) is 25.7 Å². The molecule has 0 saturated heterocycles. The number of carbonyl (C=O) groups excluding carboxylic acids is 1. The van der Waals surface area contributed by atoms with Gasteiger partial charge in [-0.2, -0.15) is 0 Å². The van der Waals surface area contributed by atoms with Gasteiger partial charge in [-0.15, -0.1) is 0 Å². The maximum atomic E-state index is 14.4. The Kier molecular flexibility index (Phi) is 8.54. The first-order valence-corrected chi connectivity index (χ1v) is 12.1. The number of nitrogens with zero attached hydrogens (tertiary/aromatic N) is 3. The summed E-state index contributed by atoms with van der Waals surface area (Å²) in [7, 11) is 0. The quantitative estimate of drug-likeness (QED) is 0.499. The SMILES string of the molecule is CCCCN(C(=O)CN(Cc1c(F)cccc1Cl)C1CC1)c1c(N)n(CC(C)C)c(=O)[nH]c1=O. The van der Waals surface area contributed by atoms with Crippen molar-refractivity contribution in [3.8, 4) is 0 Å². The zero-order valence-electron chi connectivity index (χ0n) is 19.9. The van der Waals surface area contributed by atoms with Crippen molar-refractivity contribution in [2.24, 2.45) is 5.92 Å². The highest BCUT2D eigenvalue weighted by molar-refractivity contribution is 6.31. The van der Waals surface area contributed by atoms with Crippen LogP contribution in [0.4, 0.5) is 15.9 Å². The Bertz CT molecular complexity index is 1120. The zero-order valence-corrected chi connectivity index (χ0v) is 20.7. The van der Waals surface area contributed by atoms with Gasteiger partial charge >= 0.3 is 5.69 Å². The first-order chi connectivity index (χ1) is 16.1. The lowest BCUT2D eigenvalue weighted by Gasteiger charge is -2.28. The van der Waals surface area contributed by atoms with Crippen molar-refractivity contribution in [1.29, 1.82) is 0 Å². The van der Waals surface area contributed by atoms with Crippen molar-refractivity contribution in [3.05, 3.63) is 55.4 Å². The van der Waals surface area contributed by atoms with Gasteiger partial charge in [0.2, 0.25) is 5.91 Å². The van der Waals surface area contributed by atoms with Crippen molar-refractivity contribution in [2.75, 3.05) is 23.7 Å². The number of benzene rings is 1. The molecule has 34 heavy (non-hydrogen) atoms. The first kappa shape index (κ1) is 26.0. The molecule has 0 spiro atoms. The molecule has 1 amide bonds. The second kappa shape index (κ2) is 11.2. The predicted octanol–water partition coefficient (Wildman–Crippen LogP) is 3.37. The van der Waals surface area contributed by atoms with Crippen LogP contribution >= 0.6 is 11.6 Å². The number of amides is 1. The van der Waals surface area contributed by atoms with Crippen LogP contribution in [0.15, 0.2) is 27.8 Å². The molecule has 1 aromatic heterocycles. The van der Waals surface area contributed by atoms with Gasteiger partial charge in [0, 0.05) is 36.3 Å². The molecule has 1 fully saturated rings. The molecule has 10 heteroatoms. The van der Waals surface area contributed by atoms with E-state index >= 15 is 0 Å². The third-order valence-electron chi connectivity index (χ3n) is 5.89. The summed E-state index contributed by atoms with van der Waals surface area (Å²) in [5.74, 6) is -0.675. The van der Waals surface area contributed by atoms with Crippen LogP contribution < -0.4 is 21.9 Å². The number of H-pyrrole nitrogens is 1. The number of aromatic nitrogens is 2. The van der Waals surface area contributed by atoms with Gasteiger partial charge in [-0.3, -0.25) is 24.0 Å². The minimum absolute atomic E-state index is 0.0154. The summed E-state index contributed by atoms with van der Waals surface area (Å²) in [5.41, 5.74) is 5.31. The molecule has 0 aliphatic heterocycles. The molecule has 1 heterocycles. The smallest absolute Gasteiger partial charge is 0.330 e. The largest absolute Gasteiger partial charge is 0.383 e. The molecule has 1 aromatic carbocycles. The van der Waals surface area contributed by atoms with Crippen LogP contribution in [-0.4, -0.2) is 39.5 Å². The fraction of sp³-hybridized carbons (Fsp3) is 0.542. The summed E-state index contributed by atoms with van der Waals surface area (Å²) in [6.07, 6.45) is 3.24. The van der Waals surface area contributed by atoms with Gasteiger partial charge in [0.15, 0.2) is 5.69 Å². The molecule has 2 aromatic rings. The van der Waals surface area contributed by atoms with Gasteiger partial charge in [0.05, 0.1) is 6.54 Å². The van der Waals surface area contributed by atoms with Crippen LogP contribution in [0.25, 0.3) is 0 Å². The molecule has 1 aliphatic rings. The number of carbonyl (C=O) groups is 1. The van der Waals surface area contributed by atoms with E-state index in [0.717, 1.165) is 19.3 Å². The lowest BCUT2D eigenvalue weighted by atomic mass is 10.2. The number of hydrogen-bond acceptors (Lipinski definition) is 5. The van der Waals surface area contributed by atoms with E-state index in [1.165, 1.54) is 15.5 Å². The predicted molar refractivity (Wildman–Crippen MR) is 133 cm³/mol. The first-order valence-electron chi connectivity index (χ1n) is 11.7. The number of hydrogen-bond donors (Lipinski definition) is 2. The third kappa shape index (κ3) is 6.07. The maximum absolute atomic E-state index is 14.4. The van der Waals surface area contributed by atoms with Crippen LogP contribution in [-0.2, 0) is 17.9 Å². The number of nitrogens with two attached hydrogens (primary N) is 1. The topological polar surface area (TPSA) is 104 Å². The fourth-order valence-corrected chi connectivity index (χ4v) is 4.18. The number of nitrogen functional groups attached to an aromatic ring is 1. The van der Waals surface area contributed by atoms with Crippen LogP contribution in [0, 0.1) is 11.7 Å². The molecule has 3 rings (SSSR count). The highest BCUT2D eigenvalue weighted by atomic mass is 35.5. The average Bonchev–Trinajstić information content (AvgIpc) is 3.60. The van der Waals surface area contributed by atoms with Crippen molar-refractivity contribution < 1.29 is 9.18 Å². The highest BCUT2D eigenvalue weighted by Gasteiger charge is 2.33. The molecule has 186 valence electrons. The third-order valence-corrected chi connectivity index (χ3v) is 6.25. The van der Waals surface area contributed by atoms with Crippen LogP contribution in [0.2, 0.25) is 5.02 Å². The highest BCUT2D eigenvalue weighted by Crippen LogP contribution is 2.31. The maximum Gasteiger partial charge on any atom is 0.330 e. The monoisotopic (exact) mass is 493 g/mol. The lowest BCUT2D eigenvalue weighted by Crippen LogP contribution is -2.46. The summed E-state index contributed by atoms with van der Waals surface area (Å²) < 4.78 is 15.7.